The lowest BCUT2D eigenvalue weighted by Crippen LogP contribution is -2.08. The average molecular weight is 245 g/mol. The van der Waals surface area contributed by atoms with E-state index in [-0.39, 0.29) is 17.7 Å². The Bertz CT molecular complexity index is 437. The Kier molecular flexibility index (Phi) is 3.97. The highest BCUT2D eigenvalue weighted by Crippen LogP contribution is 2.35. The van der Waals surface area contributed by atoms with Crippen LogP contribution in [0.15, 0.2) is 18.2 Å². The first kappa shape index (κ1) is 13.3. The minimum atomic E-state index is -4.49. The normalized spacial score (nSPS) is 12.9. The van der Waals surface area contributed by atoms with Gasteiger partial charge >= 0.3 is 6.18 Å². The van der Waals surface area contributed by atoms with Crippen molar-refractivity contribution >= 4 is 0 Å². The van der Waals surface area contributed by atoms with Crippen molar-refractivity contribution in [1.29, 1.82) is 5.26 Å². The molecule has 0 fully saturated rings. The number of rotatable bonds is 3. The highest BCUT2D eigenvalue weighted by atomic mass is 19.4. The van der Waals surface area contributed by atoms with E-state index in [0.29, 0.717) is 0 Å². The van der Waals surface area contributed by atoms with Crippen molar-refractivity contribution in [2.45, 2.75) is 18.7 Å². The average Bonchev–Trinajstić information content (AvgIpc) is 2.27. The second kappa shape index (κ2) is 5.06. The third kappa shape index (κ3) is 3.11. The van der Waals surface area contributed by atoms with E-state index >= 15 is 0 Å². The largest absolute Gasteiger partial charge is 0.496 e. The molecule has 0 spiro atoms. The van der Waals surface area contributed by atoms with Crippen LogP contribution in [0.25, 0.3) is 0 Å². The van der Waals surface area contributed by atoms with E-state index in [0.717, 1.165) is 18.2 Å². The van der Waals surface area contributed by atoms with Crippen molar-refractivity contribution < 1.29 is 23.0 Å². The maximum absolute atomic E-state index is 12.5. The van der Waals surface area contributed by atoms with Crippen molar-refractivity contribution in [3.8, 4) is 11.8 Å². The fourth-order valence-corrected chi connectivity index (χ4v) is 1.37. The molecular formula is C11H10F3NO2. The summed E-state index contributed by atoms with van der Waals surface area (Å²) in [6.07, 6.45) is -6.08. The number of aliphatic hydroxyl groups excluding tert-OH is 1. The van der Waals surface area contributed by atoms with Gasteiger partial charge in [0.2, 0.25) is 0 Å². The lowest BCUT2D eigenvalue weighted by Gasteiger charge is -2.15. The summed E-state index contributed by atoms with van der Waals surface area (Å²) in [6, 6.07) is 4.47. The van der Waals surface area contributed by atoms with Crippen LogP contribution in [0.4, 0.5) is 13.2 Å². The summed E-state index contributed by atoms with van der Waals surface area (Å²) < 4.78 is 42.2. The van der Waals surface area contributed by atoms with Crippen molar-refractivity contribution in [2.24, 2.45) is 0 Å². The topological polar surface area (TPSA) is 53.2 Å². The third-order valence-electron chi connectivity index (χ3n) is 2.20. The highest BCUT2D eigenvalue weighted by Gasteiger charge is 2.31. The third-order valence-corrected chi connectivity index (χ3v) is 2.20. The van der Waals surface area contributed by atoms with Crippen LogP contribution in [0, 0.1) is 11.3 Å². The van der Waals surface area contributed by atoms with Crippen LogP contribution in [-0.2, 0) is 6.18 Å². The van der Waals surface area contributed by atoms with Crippen LogP contribution in [-0.4, -0.2) is 12.2 Å². The van der Waals surface area contributed by atoms with Gasteiger partial charge in [-0.3, -0.25) is 0 Å². The van der Waals surface area contributed by atoms with Gasteiger partial charge in [0.1, 0.15) is 5.75 Å². The number of hydrogen-bond donors (Lipinski definition) is 1. The van der Waals surface area contributed by atoms with Crippen LogP contribution in [0.1, 0.15) is 23.7 Å². The molecule has 6 heteroatoms. The maximum atomic E-state index is 12.5. The molecule has 1 rings (SSSR count). The van der Waals surface area contributed by atoms with Crippen LogP contribution in [0.2, 0.25) is 0 Å². The molecule has 0 saturated carbocycles. The SMILES string of the molecule is COc1ccc(C(F)(F)F)cc1C(O)CC#N. The maximum Gasteiger partial charge on any atom is 0.416 e. The molecule has 1 unspecified atom stereocenters. The standard InChI is InChI=1S/C11H10F3NO2/c1-17-10-3-2-7(11(12,13)14)6-8(10)9(16)4-5-15/h2-3,6,9,16H,4H2,1H3. The van der Waals surface area contributed by atoms with E-state index in [2.05, 4.69) is 0 Å². The lowest BCUT2D eigenvalue weighted by atomic mass is 10.0. The van der Waals surface area contributed by atoms with E-state index in [1.807, 2.05) is 0 Å². The predicted molar refractivity (Wildman–Crippen MR) is 53.2 cm³/mol. The van der Waals surface area contributed by atoms with Crippen molar-refractivity contribution in [3.63, 3.8) is 0 Å². The Morgan fingerprint density at radius 3 is 2.59 bits per heavy atom. The summed E-state index contributed by atoms with van der Waals surface area (Å²) in [7, 11) is 1.28. The van der Waals surface area contributed by atoms with Crippen molar-refractivity contribution in [2.75, 3.05) is 7.11 Å². The smallest absolute Gasteiger partial charge is 0.416 e. The summed E-state index contributed by atoms with van der Waals surface area (Å²) in [5.74, 6) is 0.126. The molecule has 92 valence electrons. The minimum Gasteiger partial charge on any atom is -0.496 e. The Morgan fingerprint density at radius 2 is 2.12 bits per heavy atom. The van der Waals surface area contributed by atoms with E-state index in [1.54, 1.807) is 6.07 Å². The molecule has 0 saturated heterocycles. The molecule has 0 heterocycles. The van der Waals surface area contributed by atoms with Crippen molar-refractivity contribution in [3.05, 3.63) is 29.3 Å². The summed E-state index contributed by atoms with van der Waals surface area (Å²) in [5.41, 5.74) is -0.922. The van der Waals surface area contributed by atoms with Crippen LogP contribution < -0.4 is 4.74 Å². The van der Waals surface area contributed by atoms with Crippen LogP contribution in [0.5, 0.6) is 5.75 Å². The zero-order valence-electron chi connectivity index (χ0n) is 8.95. The molecule has 0 aliphatic heterocycles. The van der Waals surface area contributed by atoms with Gasteiger partial charge in [-0.05, 0) is 18.2 Å². The van der Waals surface area contributed by atoms with Gasteiger partial charge in [0.05, 0.1) is 31.3 Å². The van der Waals surface area contributed by atoms with Gasteiger partial charge in [0.15, 0.2) is 0 Å². The van der Waals surface area contributed by atoms with E-state index < -0.39 is 17.8 Å². The number of aliphatic hydroxyl groups is 1. The minimum absolute atomic E-state index is 0.0381. The van der Waals surface area contributed by atoms with Gasteiger partial charge in [-0.25, -0.2) is 0 Å². The second-order valence-corrected chi connectivity index (χ2v) is 3.33. The van der Waals surface area contributed by atoms with E-state index in [9.17, 15) is 18.3 Å². The molecule has 0 amide bonds. The van der Waals surface area contributed by atoms with Gasteiger partial charge in [-0.1, -0.05) is 0 Å². The first-order valence-electron chi connectivity index (χ1n) is 4.70. The Hall–Kier alpha value is -1.74. The van der Waals surface area contributed by atoms with Crippen LogP contribution >= 0.6 is 0 Å². The molecule has 0 aliphatic rings. The monoisotopic (exact) mass is 245 g/mol. The molecule has 0 aliphatic carbocycles. The molecular weight excluding hydrogens is 235 g/mol. The van der Waals surface area contributed by atoms with E-state index in [1.165, 1.54) is 7.11 Å². The molecule has 1 atom stereocenters. The summed E-state index contributed by atoms with van der Waals surface area (Å²) in [6.45, 7) is 0. The zero-order chi connectivity index (χ0) is 13.1. The highest BCUT2D eigenvalue weighted by molar-refractivity contribution is 5.40. The fourth-order valence-electron chi connectivity index (χ4n) is 1.37. The van der Waals surface area contributed by atoms with Crippen molar-refractivity contribution in [1.82, 2.24) is 0 Å². The van der Waals surface area contributed by atoms with Gasteiger partial charge in [-0.15, -0.1) is 0 Å². The Labute approximate surface area is 96.1 Å². The molecule has 17 heavy (non-hydrogen) atoms. The molecule has 3 nitrogen and oxygen atoms in total. The van der Waals surface area contributed by atoms with Gasteiger partial charge in [-0.2, -0.15) is 18.4 Å². The zero-order valence-corrected chi connectivity index (χ0v) is 8.95. The van der Waals surface area contributed by atoms with Gasteiger partial charge in [0, 0.05) is 5.56 Å². The Balaban J connectivity index is 3.21. The number of alkyl halides is 3. The number of halogens is 3. The number of nitriles is 1. The van der Waals surface area contributed by atoms with E-state index in [4.69, 9.17) is 10.00 Å². The predicted octanol–water partition coefficient (Wildman–Crippen LogP) is 2.66. The molecule has 0 aromatic heterocycles. The second-order valence-electron chi connectivity index (χ2n) is 3.33. The first-order valence-corrected chi connectivity index (χ1v) is 4.70. The Morgan fingerprint density at radius 1 is 1.47 bits per heavy atom. The number of benzene rings is 1. The number of methoxy groups -OCH3 is 1. The quantitative estimate of drug-likeness (QED) is 0.890. The van der Waals surface area contributed by atoms with Gasteiger partial charge in [0.25, 0.3) is 0 Å². The molecule has 1 N–H and O–H groups in total. The first-order chi connectivity index (χ1) is 7.90. The molecule has 0 radical (unpaired) electrons. The molecule has 1 aromatic carbocycles. The molecule has 1 aromatic rings. The summed E-state index contributed by atoms with van der Waals surface area (Å²) in [5, 5.41) is 18.0. The van der Waals surface area contributed by atoms with Crippen LogP contribution in [0.3, 0.4) is 0 Å². The number of hydrogen-bond acceptors (Lipinski definition) is 3. The lowest BCUT2D eigenvalue weighted by molar-refractivity contribution is -0.137. The number of nitrogens with zero attached hydrogens (tertiary/aromatic N) is 1. The molecule has 0 bridgehead atoms. The fraction of sp³-hybridized carbons (Fsp3) is 0.364. The van der Waals surface area contributed by atoms with Gasteiger partial charge < -0.3 is 9.84 Å². The summed E-state index contributed by atoms with van der Waals surface area (Å²) in [4.78, 5) is 0. The number of ether oxygens (including phenoxy) is 1. The summed E-state index contributed by atoms with van der Waals surface area (Å²) >= 11 is 0.